The van der Waals surface area contributed by atoms with E-state index < -0.39 is 17.7 Å². The molecule has 0 aliphatic heterocycles. The zero-order valence-electron chi connectivity index (χ0n) is 17.5. The molecule has 0 atom stereocenters. The molecular formula is C21H28N2O7. The van der Waals surface area contributed by atoms with Gasteiger partial charge < -0.3 is 29.4 Å². The van der Waals surface area contributed by atoms with E-state index in [1.807, 2.05) is 0 Å². The van der Waals surface area contributed by atoms with Crippen LogP contribution in [0.3, 0.4) is 0 Å². The van der Waals surface area contributed by atoms with Crippen molar-refractivity contribution in [1.82, 2.24) is 10.3 Å². The summed E-state index contributed by atoms with van der Waals surface area (Å²) in [7, 11) is 0. The molecule has 1 aromatic heterocycles. The van der Waals surface area contributed by atoms with Gasteiger partial charge in [-0.1, -0.05) is 0 Å². The fourth-order valence-electron chi connectivity index (χ4n) is 2.48. The molecule has 0 fully saturated rings. The van der Waals surface area contributed by atoms with E-state index >= 15 is 0 Å². The van der Waals surface area contributed by atoms with E-state index in [2.05, 4.69) is 10.3 Å². The highest BCUT2D eigenvalue weighted by atomic mass is 16.6. The van der Waals surface area contributed by atoms with E-state index in [4.69, 9.17) is 18.9 Å². The number of aromatic carboxylic acids is 1. The lowest BCUT2D eigenvalue weighted by Crippen LogP contribution is -2.34. The van der Waals surface area contributed by atoms with Crippen molar-refractivity contribution in [2.24, 2.45) is 0 Å². The minimum Gasteiger partial charge on any atom is -0.491 e. The number of pyridine rings is 1. The number of carbonyl (C=O) groups is 2. The maximum atomic E-state index is 11.4. The van der Waals surface area contributed by atoms with Crippen LogP contribution >= 0.6 is 0 Å². The highest BCUT2D eigenvalue weighted by molar-refractivity contribution is 6.02. The van der Waals surface area contributed by atoms with Gasteiger partial charge in [-0.3, -0.25) is 4.98 Å². The standard InChI is InChI=1S/C21H28N2O7/c1-21(2,3)30-20(26)23-8-9-27-10-11-28-12-13-29-15-4-5-18-17(14-15)16(19(24)25)6-7-22-18/h4-7,14H,8-13H2,1-3H3,(H,23,26)(H,24,25). The van der Waals surface area contributed by atoms with E-state index in [0.29, 0.717) is 56.2 Å². The molecule has 2 aromatic rings. The summed E-state index contributed by atoms with van der Waals surface area (Å²) < 4.78 is 21.5. The predicted molar refractivity (Wildman–Crippen MR) is 110 cm³/mol. The van der Waals surface area contributed by atoms with Gasteiger partial charge in [-0.05, 0) is 45.0 Å². The van der Waals surface area contributed by atoms with Crippen LogP contribution in [0.4, 0.5) is 4.79 Å². The van der Waals surface area contributed by atoms with E-state index in [-0.39, 0.29) is 5.56 Å². The number of alkyl carbamates (subject to hydrolysis) is 1. The van der Waals surface area contributed by atoms with Gasteiger partial charge >= 0.3 is 12.1 Å². The molecule has 164 valence electrons. The van der Waals surface area contributed by atoms with Crippen LogP contribution in [0.25, 0.3) is 10.9 Å². The first-order chi connectivity index (χ1) is 14.3. The fourth-order valence-corrected chi connectivity index (χ4v) is 2.48. The fraction of sp³-hybridized carbons (Fsp3) is 0.476. The number of aromatic nitrogens is 1. The van der Waals surface area contributed by atoms with Crippen molar-refractivity contribution in [3.8, 4) is 5.75 Å². The van der Waals surface area contributed by atoms with Crippen molar-refractivity contribution in [2.45, 2.75) is 26.4 Å². The zero-order chi connectivity index (χ0) is 22.0. The number of rotatable bonds is 11. The summed E-state index contributed by atoms with van der Waals surface area (Å²) in [5, 5.41) is 12.4. The number of carboxylic acid groups (broad SMARTS) is 1. The van der Waals surface area contributed by atoms with Crippen LogP contribution in [0.5, 0.6) is 5.75 Å². The second-order valence-electron chi connectivity index (χ2n) is 7.34. The summed E-state index contributed by atoms with van der Waals surface area (Å²) in [6, 6.07) is 6.58. The molecule has 0 saturated carbocycles. The smallest absolute Gasteiger partial charge is 0.407 e. The molecule has 2 N–H and O–H groups in total. The van der Waals surface area contributed by atoms with E-state index in [0.717, 1.165) is 0 Å². The van der Waals surface area contributed by atoms with E-state index in [9.17, 15) is 14.7 Å². The van der Waals surface area contributed by atoms with Crippen molar-refractivity contribution in [1.29, 1.82) is 0 Å². The Morgan fingerprint density at radius 2 is 1.73 bits per heavy atom. The maximum absolute atomic E-state index is 11.4. The molecule has 0 aliphatic rings. The van der Waals surface area contributed by atoms with Gasteiger partial charge in [0.1, 0.15) is 18.0 Å². The topological polar surface area (TPSA) is 116 Å². The minimum atomic E-state index is -1.01. The van der Waals surface area contributed by atoms with Gasteiger partial charge in [0, 0.05) is 18.1 Å². The average molecular weight is 420 g/mol. The first-order valence-corrected chi connectivity index (χ1v) is 9.63. The SMILES string of the molecule is CC(C)(C)OC(=O)NCCOCCOCCOc1ccc2nccc(C(=O)O)c2c1. The Balaban J connectivity index is 1.57. The molecule has 0 unspecified atom stereocenters. The molecule has 1 heterocycles. The summed E-state index contributed by atoms with van der Waals surface area (Å²) in [6.07, 6.45) is 0.995. The molecule has 2 rings (SSSR count). The Morgan fingerprint density at radius 3 is 2.43 bits per heavy atom. The summed E-state index contributed by atoms with van der Waals surface area (Å²) in [5.74, 6) is -0.463. The molecule has 0 bridgehead atoms. The minimum absolute atomic E-state index is 0.181. The molecular weight excluding hydrogens is 392 g/mol. The van der Waals surface area contributed by atoms with Crippen LogP contribution in [0.15, 0.2) is 30.5 Å². The second-order valence-corrected chi connectivity index (χ2v) is 7.34. The van der Waals surface area contributed by atoms with Gasteiger partial charge in [-0.2, -0.15) is 0 Å². The third kappa shape index (κ3) is 8.22. The molecule has 30 heavy (non-hydrogen) atoms. The molecule has 1 amide bonds. The van der Waals surface area contributed by atoms with Crippen LogP contribution < -0.4 is 10.1 Å². The maximum Gasteiger partial charge on any atom is 0.407 e. The Kier molecular flexibility index (Phi) is 8.82. The van der Waals surface area contributed by atoms with Crippen LogP contribution in [0.1, 0.15) is 31.1 Å². The van der Waals surface area contributed by atoms with Crippen LogP contribution in [-0.2, 0) is 14.2 Å². The highest BCUT2D eigenvalue weighted by Crippen LogP contribution is 2.22. The number of carboxylic acids is 1. The molecule has 0 radical (unpaired) electrons. The van der Waals surface area contributed by atoms with Gasteiger partial charge in [-0.15, -0.1) is 0 Å². The second kappa shape index (κ2) is 11.3. The quantitative estimate of drug-likeness (QED) is 0.533. The number of hydrogen-bond donors (Lipinski definition) is 2. The normalized spacial score (nSPS) is 11.3. The number of benzene rings is 1. The Hall–Kier alpha value is -2.91. The number of carbonyl (C=O) groups excluding carboxylic acids is 1. The van der Waals surface area contributed by atoms with Gasteiger partial charge in [0.25, 0.3) is 0 Å². The zero-order valence-corrected chi connectivity index (χ0v) is 17.5. The van der Waals surface area contributed by atoms with Crippen molar-refractivity contribution in [3.63, 3.8) is 0 Å². The Bertz CT molecular complexity index is 849. The largest absolute Gasteiger partial charge is 0.491 e. The lowest BCUT2D eigenvalue weighted by Gasteiger charge is -2.19. The first kappa shape index (κ1) is 23.4. The van der Waals surface area contributed by atoms with Crippen molar-refractivity contribution >= 4 is 23.0 Å². The van der Waals surface area contributed by atoms with Crippen molar-refractivity contribution < 1.29 is 33.6 Å². The van der Waals surface area contributed by atoms with Crippen LogP contribution in [0, 0.1) is 0 Å². The summed E-state index contributed by atoms with van der Waals surface area (Å²) in [6.45, 7) is 7.56. The number of nitrogens with zero attached hydrogens (tertiary/aromatic N) is 1. The number of amides is 1. The monoisotopic (exact) mass is 420 g/mol. The number of fused-ring (bicyclic) bond motifs is 1. The summed E-state index contributed by atoms with van der Waals surface area (Å²) in [4.78, 5) is 26.9. The van der Waals surface area contributed by atoms with Crippen LogP contribution in [-0.4, -0.2) is 67.3 Å². The highest BCUT2D eigenvalue weighted by Gasteiger charge is 2.15. The van der Waals surface area contributed by atoms with Gasteiger partial charge in [0.15, 0.2) is 0 Å². The van der Waals surface area contributed by atoms with Crippen molar-refractivity contribution in [3.05, 3.63) is 36.0 Å². The van der Waals surface area contributed by atoms with Crippen LogP contribution in [0.2, 0.25) is 0 Å². The third-order valence-corrected chi connectivity index (χ3v) is 3.73. The van der Waals surface area contributed by atoms with Gasteiger partial charge in [-0.25, -0.2) is 9.59 Å². The molecule has 9 heteroatoms. The first-order valence-electron chi connectivity index (χ1n) is 9.63. The number of nitrogens with one attached hydrogen (secondary N) is 1. The molecule has 0 aliphatic carbocycles. The molecule has 1 aromatic carbocycles. The number of hydrogen-bond acceptors (Lipinski definition) is 7. The molecule has 9 nitrogen and oxygen atoms in total. The van der Waals surface area contributed by atoms with E-state index in [1.165, 1.54) is 12.3 Å². The average Bonchev–Trinajstić information content (AvgIpc) is 2.67. The van der Waals surface area contributed by atoms with Gasteiger partial charge in [0.2, 0.25) is 0 Å². The third-order valence-electron chi connectivity index (χ3n) is 3.73. The van der Waals surface area contributed by atoms with Gasteiger partial charge in [0.05, 0.1) is 37.5 Å². The van der Waals surface area contributed by atoms with E-state index in [1.54, 1.807) is 39.0 Å². The number of ether oxygens (including phenoxy) is 4. The molecule has 0 saturated heterocycles. The Morgan fingerprint density at radius 1 is 1.03 bits per heavy atom. The van der Waals surface area contributed by atoms with Crippen molar-refractivity contribution in [2.75, 3.05) is 39.6 Å². The summed E-state index contributed by atoms with van der Waals surface area (Å²) in [5.41, 5.74) is 0.250. The predicted octanol–water partition coefficient (Wildman–Crippen LogP) is 2.87. The summed E-state index contributed by atoms with van der Waals surface area (Å²) >= 11 is 0. The lowest BCUT2D eigenvalue weighted by atomic mass is 10.1. The molecule has 0 spiro atoms. The Labute approximate surface area is 175 Å². The lowest BCUT2D eigenvalue weighted by molar-refractivity contribution is 0.0328.